The summed E-state index contributed by atoms with van der Waals surface area (Å²) in [6.45, 7) is 2.81. The van der Waals surface area contributed by atoms with E-state index < -0.39 is 0 Å². The molecule has 2 aromatic rings. The van der Waals surface area contributed by atoms with Gasteiger partial charge in [-0.3, -0.25) is 9.88 Å². The first-order valence-corrected chi connectivity index (χ1v) is 8.33. The predicted octanol–water partition coefficient (Wildman–Crippen LogP) is 2.23. The molecule has 1 fully saturated rings. The average molecular weight is 322 g/mol. The Morgan fingerprint density at radius 2 is 2.12 bits per heavy atom. The molecule has 0 N–H and O–H groups in total. The summed E-state index contributed by atoms with van der Waals surface area (Å²) < 4.78 is 0. The lowest BCUT2D eigenvalue weighted by Crippen LogP contribution is -2.33. The fraction of sp³-hybridized carbons (Fsp3) is 0.444. The molecule has 3 rings (SSSR count). The van der Waals surface area contributed by atoms with Gasteiger partial charge in [-0.05, 0) is 38.4 Å². The van der Waals surface area contributed by atoms with Gasteiger partial charge < -0.3 is 4.90 Å². The van der Waals surface area contributed by atoms with Crippen LogP contribution in [0.15, 0.2) is 36.8 Å². The van der Waals surface area contributed by atoms with Crippen LogP contribution in [0.5, 0.6) is 0 Å². The zero-order valence-electron chi connectivity index (χ0n) is 14.0. The SMILES string of the molecule is CN(Cc1ccccn1)[C@@H]1CCCN(c2cnc(C#N)cn2)CC1. The molecule has 0 saturated carbocycles. The maximum absolute atomic E-state index is 8.82. The summed E-state index contributed by atoms with van der Waals surface area (Å²) >= 11 is 0. The summed E-state index contributed by atoms with van der Waals surface area (Å²) in [6.07, 6.45) is 8.48. The molecule has 0 radical (unpaired) electrons. The third kappa shape index (κ3) is 4.06. The molecule has 0 aromatic carbocycles. The van der Waals surface area contributed by atoms with Gasteiger partial charge in [-0.2, -0.15) is 5.26 Å². The molecule has 3 heterocycles. The minimum atomic E-state index is 0.363. The molecule has 0 spiro atoms. The number of nitrogens with zero attached hydrogens (tertiary/aromatic N) is 6. The lowest BCUT2D eigenvalue weighted by atomic mass is 10.1. The predicted molar refractivity (Wildman–Crippen MR) is 92.3 cm³/mol. The fourth-order valence-corrected chi connectivity index (χ4v) is 3.17. The van der Waals surface area contributed by atoms with Crippen molar-refractivity contribution in [1.82, 2.24) is 19.9 Å². The maximum atomic E-state index is 8.82. The van der Waals surface area contributed by atoms with E-state index in [2.05, 4.69) is 37.9 Å². The minimum Gasteiger partial charge on any atom is -0.355 e. The second kappa shape index (κ2) is 7.84. The molecular weight excluding hydrogens is 300 g/mol. The van der Waals surface area contributed by atoms with E-state index in [0.717, 1.165) is 44.0 Å². The van der Waals surface area contributed by atoms with E-state index in [9.17, 15) is 0 Å². The summed E-state index contributed by atoms with van der Waals surface area (Å²) in [5.74, 6) is 0.863. The number of anilines is 1. The van der Waals surface area contributed by atoms with Crippen molar-refractivity contribution in [3.63, 3.8) is 0 Å². The maximum Gasteiger partial charge on any atom is 0.158 e. The summed E-state index contributed by atoms with van der Waals surface area (Å²) in [7, 11) is 2.18. The Morgan fingerprint density at radius 1 is 1.21 bits per heavy atom. The van der Waals surface area contributed by atoms with Crippen LogP contribution in [-0.2, 0) is 6.54 Å². The number of hydrogen-bond donors (Lipinski definition) is 0. The largest absolute Gasteiger partial charge is 0.355 e. The van der Waals surface area contributed by atoms with Crippen molar-refractivity contribution < 1.29 is 0 Å². The van der Waals surface area contributed by atoms with Gasteiger partial charge in [-0.25, -0.2) is 9.97 Å². The Bertz CT molecular complexity index is 679. The molecule has 6 heteroatoms. The Balaban J connectivity index is 1.59. The third-order valence-corrected chi connectivity index (χ3v) is 4.54. The van der Waals surface area contributed by atoms with Crippen LogP contribution in [0.4, 0.5) is 5.82 Å². The average Bonchev–Trinajstić information content (AvgIpc) is 2.89. The molecular formula is C18H22N6. The Kier molecular flexibility index (Phi) is 5.34. The van der Waals surface area contributed by atoms with Crippen molar-refractivity contribution in [2.45, 2.75) is 31.8 Å². The van der Waals surface area contributed by atoms with Crippen LogP contribution in [0.2, 0.25) is 0 Å². The van der Waals surface area contributed by atoms with Crippen LogP contribution in [0, 0.1) is 11.3 Å². The molecule has 1 atom stereocenters. The van der Waals surface area contributed by atoms with Crippen LogP contribution >= 0.6 is 0 Å². The standard InChI is InChI=1S/C18H22N6/c1-23(14-15-5-2-3-8-20-15)17-6-4-9-24(10-7-17)18-13-21-16(11-19)12-22-18/h2-3,5,8,12-13,17H,4,6-7,9-10,14H2,1H3/t17-/m1/s1. The van der Waals surface area contributed by atoms with E-state index in [-0.39, 0.29) is 0 Å². The van der Waals surface area contributed by atoms with Crippen LogP contribution in [0.3, 0.4) is 0 Å². The van der Waals surface area contributed by atoms with Gasteiger partial charge in [0.2, 0.25) is 0 Å². The fourth-order valence-electron chi connectivity index (χ4n) is 3.17. The van der Waals surface area contributed by atoms with Crippen LogP contribution in [0.25, 0.3) is 0 Å². The van der Waals surface area contributed by atoms with E-state index in [1.54, 1.807) is 12.4 Å². The highest BCUT2D eigenvalue weighted by Crippen LogP contribution is 2.20. The highest BCUT2D eigenvalue weighted by Gasteiger charge is 2.21. The Morgan fingerprint density at radius 3 is 2.83 bits per heavy atom. The van der Waals surface area contributed by atoms with E-state index >= 15 is 0 Å². The van der Waals surface area contributed by atoms with Crippen LogP contribution in [-0.4, -0.2) is 46.0 Å². The minimum absolute atomic E-state index is 0.363. The second-order valence-electron chi connectivity index (χ2n) is 6.18. The first-order chi connectivity index (χ1) is 11.8. The molecule has 124 valence electrons. The molecule has 24 heavy (non-hydrogen) atoms. The van der Waals surface area contributed by atoms with Gasteiger partial charge >= 0.3 is 0 Å². The van der Waals surface area contributed by atoms with Gasteiger partial charge in [0, 0.05) is 31.9 Å². The van der Waals surface area contributed by atoms with E-state index in [4.69, 9.17) is 5.26 Å². The first kappa shape index (κ1) is 16.3. The molecule has 0 amide bonds. The molecule has 2 aromatic heterocycles. The number of aromatic nitrogens is 3. The number of nitriles is 1. The Hall–Kier alpha value is -2.52. The van der Waals surface area contributed by atoms with E-state index in [0.29, 0.717) is 11.7 Å². The molecule has 1 aliphatic heterocycles. The lowest BCUT2D eigenvalue weighted by Gasteiger charge is -2.27. The summed E-state index contributed by atoms with van der Waals surface area (Å²) in [6, 6.07) is 8.62. The molecule has 0 bridgehead atoms. The summed E-state index contributed by atoms with van der Waals surface area (Å²) in [5.41, 5.74) is 1.47. The van der Waals surface area contributed by atoms with Crippen LogP contribution in [0.1, 0.15) is 30.7 Å². The van der Waals surface area contributed by atoms with E-state index in [1.165, 1.54) is 6.42 Å². The van der Waals surface area contributed by atoms with Crippen molar-refractivity contribution in [3.05, 3.63) is 48.2 Å². The van der Waals surface area contributed by atoms with Crippen molar-refractivity contribution in [2.24, 2.45) is 0 Å². The van der Waals surface area contributed by atoms with E-state index in [1.807, 2.05) is 24.4 Å². The monoisotopic (exact) mass is 322 g/mol. The zero-order chi connectivity index (χ0) is 16.8. The Labute approximate surface area is 142 Å². The molecule has 0 aliphatic carbocycles. The molecule has 6 nitrogen and oxygen atoms in total. The highest BCUT2D eigenvalue weighted by molar-refractivity contribution is 5.37. The third-order valence-electron chi connectivity index (χ3n) is 4.54. The van der Waals surface area contributed by atoms with Crippen LogP contribution < -0.4 is 4.90 Å². The molecule has 1 saturated heterocycles. The first-order valence-electron chi connectivity index (χ1n) is 8.33. The number of pyridine rings is 1. The van der Waals surface area contributed by atoms with Gasteiger partial charge in [0.05, 0.1) is 18.1 Å². The van der Waals surface area contributed by atoms with Gasteiger partial charge in [0.15, 0.2) is 5.69 Å². The summed E-state index contributed by atoms with van der Waals surface area (Å²) in [5, 5.41) is 8.82. The van der Waals surface area contributed by atoms with Gasteiger partial charge in [0.25, 0.3) is 0 Å². The normalized spacial score (nSPS) is 18.2. The molecule has 0 unspecified atom stereocenters. The molecule has 1 aliphatic rings. The van der Waals surface area contributed by atoms with Gasteiger partial charge in [-0.1, -0.05) is 6.07 Å². The van der Waals surface area contributed by atoms with Crippen molar-refractivity contribution in [2.75, 3.05) is 25.0 Å². The topological polar surface area (TPSA) is 68.9 Å². The number of rotatable bonds is 4. The zero-order valence-corrected chi connectivity index (χ0v) is 14.0. The smallest absolute Gasteiger partial charge is 0.158 e. The lowest BCUT2D eigenvalue weighted by molar-refractivity contribution is 0.215. The van der Waals surface area contributed by atoms with Crippen molar-refractivity contribution in [3.8, 4) is 6.07 Å². The van der Waals surface area contributed by atoms with Gasteiger partial charge in [0.1, 0.15) is 11.9 Å². The van der Waals surface area contributed by atoms with Gasteiger partial charge in [-0.15, -0.1) is 0 Å². The highest BCUT2D eigenvalue weighted by atomic mass is 15.2. The quantitative estimate of drug-likeness (QED) is 0.860. The van der Waals surface area contributed by atoms with Crippen molar-refractivity contribution in [1.29, 1.82) is 5.26 Å². The summed E-state index contributed by atoms with van der Waals surface area (Å²) in [4.78, 5) is 17.6. The number of hydrogen-bond acceptors (Lipinski definition) is 6. The second-order valence-corrected chi connectivity index (χ2v) is 6.18. The van der Waals surface area contributed by atoms with Crippen molar-refractivity contribution >= 4 is 5.82 Å².